The second kappa shape index (κ2) is 4.99. The molecule has 0 bridgehead atoms. The Morgan fingerprint density at radius 3 is 2.37 bits per heavy atom. The molecule has 0 saturated carbocycles. The number of hydrogen-bond acceptors (Lipinski definition) is 1. The Balaban J connectivity index is 2.21. The maximum absolute atomic E-state index is 13.5. The van der Waals surface area contributed by atoms with Crippen LogP contribution in [0.3, 0.4) is 0 Å². The highest BCUT2D eigenvalue weighted by Gasteiger charge is 2.12. The lowest BCUT2D eigenvalue weighted by atomic mass is 10.2. The normalized spacial score (nSPS) is 10.8. The summed E-state index contributed by atoms with van der Waals surface area (Å²) in [6, 6.07) is 3.43. The number of hydrogen-bond donors (Lipinski definition) is 1. The van der Waals surface area contributed by atoms with Crippen molar-refractivity contribution >= 4 is 5.69 Å². The van der Waals surface area contributed by atoms with Crippen molar-refractivity contribution in [2.24, 2.45) is 7.05 Å². The molecule has 5 heteroatoms. The van der Waals surface area contributed by atoms with Crippen LogP contribution in [0.5, 0.6) is 0 Å². The lowest BCUT2D eigenvalue weighted by Gasteiger charge is -2.08. The summed E-state index contributed by atoms with van der Waals surface area (Å²) < 4.78 is 41.5. The summed E-state index contributed by atoms with van der Waals surface area (Å²) in [6.07, 6.45) is 0. The number of aromatic nitrogens is 1. The summed E-state index contributed by atoms with van der Waals surface area (Å²) in [5.41, 5.74) is 2.89. The number of benzene rings is 1. The standard InChI is InChI=1S/C14H15F3N2/c1-8-4-10(9(2)19(8)3)7-18-13-6-11(15)5-12(16)14(13)17/h4-6,18H,7H2,1-3H3. The van der Waals surface area contributed by atoms with Gasteiger partial charge in [-0.05, 0) is 25.5 Å². The minimum absolute atomic E-state index is 0.168. The van der Waals surface area contributed by atoms with E-state index in [4.69, 9.17) is 0 Å². The smallest absolute Gasteiger partial charge is 0.182 e. The van der Waals surface area contributed by atoms with Gasteiger partial charge in [-0.1, -0.05) is 0 Å². The highest BCUT2D eigenvalue weighted by molar-refractivity contribution is 5.46. The van der Waals surface area contributed by atoms with E-state index in [9.17, 15) is 13.2 Å². The van der Waals surface area contributed by atoms with Crippen LogP contribution < -0.4 is 5.32 Å². The van der Waals surface area contributed by atoms with Crippen molar-refractivity contribution in [2.45, 2.75) is 20.4 Å². The molecular weight excluding hydrogens is 253 g/mol. The maximum Gasteiger partial charge on any atom is 0.182 e. The predicted octanol–water partition coefficient (Wildman–Crippen LogP) is 3.67. The van der Waals surface area contributed by atoms with Gasteiger partial charge in [0.15, 0.2) is 11.6 Å². The molecular formula is C14H15F3N2. The third kappa shape index (κ3) is 2.59. The van der Waals surface area contributed by atoms with E-state index < -0.39 is 17.5 Å². The maximum atomic E-state index is 13.5. The van der Waals surface area contributed by atoms with E-state index in [1.807, 2.05) is 31.5 Å². The average Bonchev–Trinajstić information content (AvgIpc) is 2.59. The Bertz CT molecular complexity index is 618. The largest absolute Gasteiger partial charge is 0.378 e. The van der Waals surface area contributed by atoms with E-state index in [2.05, 4.69) is 5.32 Å². The molecule has 102 valence electrons. The van der Waals surface area contributed by atoms with Gasteiger partial charge in [0.05, 0.1) is 5.69 Å². The first-order valence-electron chi connectivity index (χ1n) is 5.90. The Hall–Kier alpha value is -1.91. The van der Waals surface area contributed by atoms with Gasteiger partial charge in [0.1, 0.15) is 5.82 Å². The molecule has 0 aliphatic rings. The minimum atomic E-state index is -1.19. The molecule has 0 spiro atoms. The minimum Gasteiger partial charge on any atom is -0.378 e. The molecule has 0 atom stereocenters. The fourth-order valence-corrected chi connectivity index (χ4v) is 1.99. The van der Waals surface area contributed by atoms with Crippen LogP contribution >= 0.6 is 0 Å². The molecule has 0 aliphatic heterocycles. The zero-order valence-corrected chi connectivity index (χ0v) is 11.0. The highest BCUT2D eigenvalue weighted by Crippen LogP contribution is 2.21. The number of rotatable bonds is 3. The molecule has 1 N–H and O–H groups in total. The molecule has 2 aromatic rings. The first-order chi connectivity index (χ1) is 8.90. The summed E-state index contributed by atoms with van der Waals surface area (Å²) in [4.78, 5) is 0. The van der Waals surface area contributed by atoms with Crippen molar-refractivity contribution in [3.05, 3.63) is 52.6 Å². The summed E-state index contributed by atoms with van der Waals surface area (Å²) in [7, 11) is 1.93. The van der Waals surface area contributed by atoms with Crippen molar-refractivity contribution in [3.63, 3.8) is 0 Å². The van der Waals surface area contributed by atoms with E-state index in [0.717, 1.165) is 23.0 Å². The van der Waals surface area contributed by atoms with Crippen LogP contribution in [-0.4, -0.2) is 4.57 Å². The van der Waals surface area contributed by atoms with Crippen LogP contribution in [0.1, 0.15) is 17.0 Å². The second-order valence-electron chi connectivity index (χ2n) is 4.56. The molecule has 0 aliphatic carbocycles. The van der Waals surface area contributed by atoms with Crippen molar-refractivity contribution in [2.75, 3.05) is 5.32 Å². The van der Waals surface area contributed by atoms with Gasteiger partial charge in [0.2, 0.25) is 0 Å². The molecule has 1 heterocycles. The van der Waals surface area contributed by atoms with Gasteiger partial charge < -0.3 is 9.88 Å². The van der Waals surface area contributed by atoms with E-state index in [1.165, 1.54) is 0 Å². The number of halogens is 3. The van der Waals surface area contributed by atoms with Gasteiger partial charge in [-0.2, -0.15) is 0 Å². The van der Waals surface area contributed by atoms with Crippen LogP contribution in [0.15, 0.2) is 18.2 Å². The molecule has 1 aromatic carbocycles. The Morgan fingerprint density at radius 1 is 1.11 bits per heavy atom. The van der Waals surface area contributed by atoms with Crippen LogP contribution in [0.25, 0.3) is 0 Å². The predicted molar refractivity (Wildman–Crippen MR) is 68.5 cm³/mol. The van der Waals surface area contributed by atoms with Gasteiger partial charge in [-0.15, -0.1) is 0 Å². The third-order valence-corrected chi connectivity index (χ3v) is 3.34. The Labute approximate surface area is 109 Å². The SMILES string of the molecule is Cc1cc(CNc2cc(F)cc(F)c2F)c(C)n1C. The van der Waals surface area contributed by atoms with Crippen molar-refractivity contribution < 1.29 is 13.2 Å². The number of anilines is 1. The van der Waals surface area contributed by atoms with Gasteiger partial charge in [-0.3, -0.25) is 0 Å². The summed E-state index contributed by atoms with van der Waals surface area (Å²) in [5.74, 6) is -3.06. The molecule has 0 unspecified atom stereocenters. The van der Waals surface area contributed by atoms with Gasteiger partial charge in [-0.25, -0.2) is 13.2 Å². The lowest BCUT2D eigenvalue weighted by molar-refractivity contribution is 0.497. The molecule has 2 rings (SSSR count). The fraction of sp³-hybridized carbons (Fsp3) is 0.286. The molecule has 0 saturated heterocycles. The Morgan fingerprint density at radius 2 is 1.79 bits per heavy atom. The second-order valence-corrected chi connectivity index (χ2v) is 4.56. The fourth-order valence-electron chi connectivity index (χ4n) is 1.99. The molecule has 0 amide bonds. The van der Waals surface area contributed by atoms with Gasteiger partial charge in [0, 0.05) is 37.1 Å². The number of aryl methyl sites for hydroxylation is 1. The van der Waals surface area contributed by atoms with E-state index in [-0.39, 0.29) is 5.69 Å². The van der Waals surface area contributed by atoms with Gasteiger partial charge >= 0.3 is 0 Å². The zero-order valence-electron chi connectivity index (χ0n) is 11.0. The Kier molecular flexibility index (Phi) is 3.55. The van der Waals surface area contributed by atoms with Crippen molar-refractivity contribution in [1.82, 2.24) is 4.57 Å². The lowest BCUT2D eigenvalue weighted by Crippen LogP contribution is -2.04. The molecule has 0 radical (unpaired) electrons. The summed E-state index contributed by atoms with van der Waals surface area (Å²) in [6.45, 7) is 4.21. The van der Waals surface area contributed by atoms with E-state index in [0.29, 0.717) is 12.6 Å². The van der Waals surface area contributed by atoms with Gasteiger partial charge in [0.25, 0.3) is 0 Å². The quantitative estimate of drug-likeness (QED) is 0.840. The molecule has 1 aromatic heterocycles. The monoisotopic (exact) mass is 268 g/mol. The van der Waals surface area contributed by atoms with Crippen molar-refractivity contribution in [3.8, 4) is 0 Å². The topological polar surface area (TPSA) is 17.0 Å². The average molecular weight is 268 g/mol. The van der Waals surface area contributed by atoms with Crippen LogP contribution in [0, 0.1) is 31.3 Å². The first kappa shape index (κ1) is 13.5. The highest BCUT2D eigenvalue weighted by atomic mass is 19.2. The summed E-state index contributed by atoms with van der Waals surface area (Å²) >= 11 is 0. The van der Waals surface area contributed by atoms with E-state index >= 15 is 0 Å². The van der Waals surface area contributed by atoms with Crippen molar-refractivity contribution in [1.29, 1.82) is 0 Å². The van der Waals surface area contributed by atoms with Crippen LogP contribution in [-0.2, 0) is 13.6 Å². The molecule has 19 heavy (non-hydrogen) atoms. The first-order valence-corrected chi connectivity index (χ1v) is 5.90. The third-order valence-electron chi connectivity index (χ3n) is 3.34. The van der Waals surface area contributed by atoms with E-state index in [1.54, 1.807) is 0 Å². The number of nitrogens with one attached hydrogen (secondary N) is 1. The van der Waals surface area contributed by atoms with Crippen LogP contribution in [0.4, 0.5) is 18.9 Å². The summed E-state index contributed by atoms with van der Waals surface area (Å²) in [5, 5.41) is 2.72. The van der Waals surface area contributed by atoms with Crippen LogP contribution in [0.2, 0.25) is 0 Å². The number of nitrogens with zero attached hydrogens (tertiary/aromatic N) is 1. The zero-order chi connectivity index (χ0) is 14.2. The molecule has 2 nitrogen and oxygen atoms in total. The molecule has 0 fully saturated rings.